The SMILES string of the molecule is O=C(NC1CCOC1)NC(CO)c1ccc(Cl)cc1. The van der Waals surface area contributed by atoms with Gasteiger partial charge in [0.25, 0.3) is 0 Å². The van der Waals surface area contributed by atoms with E-state index in [1.807, 2.05) is 0 Å². The van der Waals surface area contributed by atoms with E-state index >= 15 is 0 Å². The molecule has 0 saturated carbocycles. The highest BCUT2D eigenvalue weighted by molar-refractivity contribution is 6.30. The Morgan fingerprint density at radius 1 is 1.47 bits per heavy atom. The molecule has 0 aliphatic carbocycles. The molecule has 1 aromatic rings. The monoisotopic (exact) mass is 284 g/mol. The Hall–Kier alpha value is -1.30. The van der Waals surface area contributed by atoms with Crippen molar-refractivity contribution < 1.29 is 14.6 Å². The molecule has 6 heteroatoms. The number of hydrogen-bond acceptors (Lipinski definition) is 3. The van der Waals surface area contributed by atoms with Gasteiger partial charge in [-0.3, -0.25) is 0 Å². The van der Waals surface area contributed by atoms with Crippen molar-refractivity contribution in [3.8, 4) is 0 Å². The Morgan fingerprint density at radius 3 is 2.79 bits per heavy atom. The number of carbonyl (C=O) groups is 1. The molecule has 5 nitrogen and oxygen atoms in total. The van der Waals surface area contributed by atoms with E-state index in [1.54, 1.807) is 24.3 Å². The standard InChI is InChI=1S/C13H17ClN2O3/c14-10-3-1-9(2-4-10)12(7-17)16-13(18)15-11-5-6-19-8-11/h1-4,11-12,17H,5-8H2,(H2,15,16,18). The second-order valence-corrected chi connectivity index (χ2v) is 4.90. The molecular formula is C13H17ClN2O3. The van der Waals surface area contributed by atoms with E-state index in [4.69, 9.17) is 16.3 Å². The molecule has 2 rings (SSSR count). The van der Waals surface area contributed by atoms with Crippen LogP contribution in [-0.4, -0.2) is 37.0 Å². The van der Waals surface area contributed by atoms with Crippen LogP contribution in [0.25, 0.3) is 0 Å². The van der Waals surface area contributed by atoms with Crippen molar-refractivity contribution in [2.24, 2.45) is 0 Å². The summed E-state index contributed by atoms with van der Waals surface area (Å²) in [6.45, 7) is 1.04. The van der Waals surface area contributed by atoms with E-state index in [-0.39, 0.29) is 18.7 Å². The second-order valence-electron chi connectivity index (χ2n) is 4.47. The molecule has 19 heavy (non-hydrogen) atoms. The third-order valence-electron chi connectivity index (χ3n) is 3.03. The fraction of sp³-hybridized carbons (Fsp3) is 0.462. The Balaban J connectivity index is 1.90. The molecule has 2 atom stereocenters. The summed E-state index contributed by atoms with van der Waals surface area (Å²) >= 11 is 5.80. The summed E-state index contributed by atoms with van der Waals surface area (Å²) in [6, 6.07) is 6.31. The molecule has 3 N–H and O–H groups in total. The number of aliphatic hydroxyl groups excluding tert-OH is 1. The van der Waals surface area contributed by atoms with Crippen molar-refractivity contribution in [1.82, 2.24) is 10.6 Å². The van der Waals surface area contributed by atoms with Crippen LogP contribution in [-0.2, 0) is 4.74 Å². The van der Waals surface area contributed by atoms with Crippen LogP contribution in [0.15, 0.2) is 24.3 Å². The second kappa shape index (κ2) is 6.75. The van der Waals surface area contributed by atoms with E-state index in [1.165, 1.54) is 0 Å². The molecule has 0 bridgehead atoms. The summed E-state index contributed by atoms with van der Waals surface area (Å²) < 4.78 is 5.18. The van der Waals surface area contributed by atoms with Gasteiger partial charge < -0.3 is 20.5 Å². The van der Waals surface area contributed by atoms with Crippen LogP contribution in [0.1, 0.15) is 18.0 Å². The molecular weight excluding hydrogens is 268 g/mol. The van der Waals surface area contributed by atoms with Gasteiger partial charge in [0.1, 0.15) is 0 Å². The summed E-state index contributed by atoms with van der Waals surface area (Å²) in [6.07, 6.45) is 0.818. The van der Waals surface area contributed by atoms with Crippen molar-refractivity contribution in [3.63, 3.8) is 0 Å². The number of aliphatic hydroxyl groups is 1. The minimum Gasteiger partial charge on any atom is -0.394 e. The highest BCUT2D eigenvalue weighted by Crippen LogP contribution is 2.16. The van der Waals surface area contributed by atoms with Gasteiger partial charge in [-0.1, -0.05) is 23.7 Å². The van der Waals surface area contributed by atoms with Crippen LogP contribution in [0.4, 0.5) is 4.79 Å². The molecule has 1 aromatic carbocycles. The topological polar surface area (TPSA) is 70.6 Å². The first-order chi connectivity index (χ1) is 9.19. The summed E-state index contributed by atoms with van der Waals surface area (Å²) in [5.41, 5.74) is 0.810. The zero-order chi connectivity index (χ0) is 13.7. The van der Waals surface area contributed by atoms with Crippen molar-refractivity contribution in [2.45, 2.75) is 18.5 Å². The first kappa shape index (κ1) is 14.1. The summed E-state index contributed by atoms with van der Waals surface area (Å²) in [5.74, 6) is 0. The van der Waals surface area contributed by atoms with Gasteiger partial charge in [-0.15, -0.1) is 0 Å². The average Bonchev–Trinajstić information content (AvgIpc) is 2.90. The molecule has 104 valence electrons. The largest absolute Gasteiger partial charge is 0.394 e. The number of hydrogen-bond donors (Lipinski definition) is 3. The predicted molar refractivity (Wildman–Crippen MR) is 72.2 cm³/mol. The first-order valence-electron chi connectivity index (χ1n) is 6.20. The lowest BCUT2D eigenvalue weighted by molar-refractivity contribution is 0.186. The molecule has 1 aliphatic rings. The van der Waals surface area contributed by atoms with Crippen molar-refractivity contribution in [2.75, 3.05) is 19.8 Å². The van der Waals surface area contributed by atoms with Crippen molar-refractivity contribution in [1.29, 1.82) is 0 Å². The molecule has 2 unspecified atom stereocenters. The zero-order valence-electron chi connectivity index (χ0n) is 10.4. The number of ether oxygens (including phenoxy) is 1. The van der Waals surface area contributed by atoms with Crippen molar-refractivity contribution >= 4 is 17.6 Å². The van der Waals surface area contributed by atoms with Crippen LogP contribution in [0.2, 0.25) is 5.02 Å². The van der Waals surface area contributed by atoms with Crippen LogP contribution >= 0.6 is 11.6 Å². The van der Waals surface area contributed by atoms with Crippen LogP contribution in [0.5, 0.6) is 0 Å². The lowest BCUT2D eigenvalue weighted by Crippen LogP contribution is -2.44. The molecule has 0 radical (unpaired) electrons. The number of amides is 2. The maximum absolute atomic E-state index is 11.8. The highest BCUT2D eigenvalue weighted by Gasteiger charge is 2.20. The maximum atomic E-state index is 11.8. The van der Waals surface area contributed by atoms with Crippen LogP contribution in [0.3, 0.4) is 0 Å². The highest BCUT2D eigenvalue weighted by atomic mass is 35.5. The van der Waals surface area contributed by atoms with Gasteiger partial charge in [-0.2, -0.15) is 0 Å². The fourth-order valence-corrected chi connectivity index (χ4v) is 2.09. The van der Waals surface area contributed by atoms with E-state index in [9.17, 15) is 9.90 Å². The summed E-state index contributed by atoms with van der Waals surface area (Å²) in [5, 5.41) is 15.5. The fourth-order valence-electron chi connectivity index (χ4n) is 1.96. The third kappa shape index (κ3) is 4.09. The molecule has 1 saturated heterocycles. The molecule has 1 aliphatic heterocycles. The summed E-state index contributed by atoms with van der Waals surface area (Å²) in [4.78, 5) is 11.8. The van der Waals surface area contributed by atoms with Gasteiger partial charge >= 0.3 is 6.03 Å². The molecule has 2 amide bonds. The van der Waals surface area contributed by atoms with Crippen molar-refractivity contribution in [3.05, 3.63) is 34.9 Å². The van der Waals surface area contributed by atoms with E-state index in [2.05, 4.69) is 10.6 Å². The Bertz CT molecular complexity index is 418. The lowest BCUT2D eigenvalue weighted by atomic mass is 10.1. The number of nitrogens with one attached hydrogen (secondary N) is 2. The minimum absolute atomic E-state index is 0.0459. The zero-order valence-corrected chi connectivity index (χ0v) is 11.2. The first-order valence-corrected chi connectivity index (χ1v) is 6.58. The molecule has 1 fully saturated rings. The number of carbonyl (C=O) groups excluding carboxylic acids is 1. The Kier molecular flexibility index (Phi) is 5.01. The smallest absolute Gasteiger partial charge is 0.315 e. The average molecular weight is 285 g/mol. The number of rotatable bonds is 4. The molecule has 0 spiro atoms. The van der Waals surface area contributed by atoms with Gasteiger partial charge in [0.2, 0.25) is 0 Å². The Morgan fingerprint density at radius 2 is 2.21 bits per heavy atom. The van der Waals surface area contributed by atoms with E-state index in [0.29, 0.717) is 18.2 Å². The number of benzene rings is 1. The normalized spacial score (nSPS) is 20.0. The summed E-state index contributed by atoms with van der Waals surface area (Å²) in [7, 11) is 0. The van der Waals surface area contributed by atoms with Crippen LogP contribution in [0, 0.1) is 0 Å². The van der Waals surface area contributed by atoms with Crippen LogP contribution < -0.4 is 10.6 Å². The van der Waals surface area contributed by atoms with E-state index < -0.39 is 6.04 Å². The van der Waals surface area contributed by atoms with Gasteiger partial charge in [-0.25, -0.2) is 4.79 Å². The van der Waals surface area contributed by atoms with Gasteiger partial charge in [0.05, 0.1) is 25.3 Å². The number of urea groups is 1. The quantitative estimate of drug-likeness (QED) is 0.784. The maximum Gasteiger partial charge on any atom is 0.315 e. The molecule has 0 aromatic heterocycles. The van der Waals surface area contributed by atoms with Gasteiger partial charge in [0, 0.05) is 11.6 Å². The lowest BCUT2D eigenvalue weighted by Gasteiger charge is -2.19. The number of halogens is 1. The van der Waals surface area contributed by atoms with Gasteiger partial charge in [-0.05, 0) is 24.1 Å². The van der Waals surface area contributed by atoms with E-state index in [0.717, 1.165) is 12.0 Å². The van der Waals surface area contributed by atoms with Gasteiger partial charge in [0.15, 0.2) is 0 Å². The third-order valence-corrected chi connectivity index (χ3v) is 3.28. The minimum atomic E-state index is -0.445. The predicted octanol–water partition coefficient (Wildman–Crippen LogP) is 1.46. The molecule has 1 heterocycles. The Labute approximate surface area is 116 Å².